The van der Waals surface area contributed by atoms with Crippen LogP contribution >= 0.6 is 23.2 Å². The highest BCUT2D eigenvalue weighted by Gasteiger charge is 2.39. The average molecular weight is 287 g/mol. The zero-order valence-corrected chi connectivity index (χ0v) is 11.7. The second kappa shape index (κ2) is 4.13. The van der Waals surface area contributed by atoms with Crippen molar-refractivity contribution in [1.82, 2.24) is 0 Å². The molecule has 0 N–H and O–H groups in total. The van der Waals surface area contributed by atoms with Crippen molar-refractivity contribution in [2.75, 3.05) is 0 Å². The van der Waals surface area contributed by atoms with Gasteiger partial charge >= 0.3 is 0 Å². The number of allylic oxidation sites excluding steroid dienone is 2. The van der Waals surface area contributed by atoms with E-state index in [0.29, 0.717) is 0 Å². The molecule has 94 valence electrons. The van der Waals surface area contributed by atoms with Crippen LogP contribution in [0, 0.1) is 0 Å². The number of hydrogen-bond acceptors (Lipinski definition) is 0. The molecule has 0 heterocycles. The fraction of sp³-hybridized carbons (Fsp3) is 0.176. The maximum Gasteiger partial charge on any atom is 0.0798 e. The van der Waals surface area contributed by atoms with Crippen LogP contribution in [0.3, 0.4) is 0 Å². The number of halogens is 2. The molecule has 0 aromatic heterocycles. The van der Waals surface area contributed by atoms with E-state index in [9.17, 15) is 0 Å². The highest BCUT2D eigenvalue weighted by Crippen LogP contribution is 2.51. The van der Waals surface area contributed by atoms with E-state index in [1.54, 1.807) is 0 Å². The predicted octanol–water partition coefficient (Wildman–Crippen LogP) is 5.01. The molecule has 5 rings (SSSR count). The minimum Gasteiger partial charge on any atom is -0.116 e. The molecule has 1 atom stereocenters. The van der Waals surface area contributed by atoms with E-state index in [2.05, 4.69) is 54.6 Å². The SMILES string of the molecule is ClC1=CC2c3ccccc3C(c3ccccc32)[C@@H]1Cl. The Bertz CT molecular complexity index is 640. The summed E-state index contributed by atoms with van der Waals surface area (Å²) in [5, 5.41) is 0.598. The maximum absolute atomic E-state index is 6.62. The largest absolute Gasteiger partial charge is 0.116 e. The maximum atomic E-state index is 6.62. The molecule has 0 amide bonds. The van der Waals surface area contributed by atoms with Crippen molar-refractivity contribution in [3.8, 4) is 0 Å². The molecule has 3 aliphatic rings. The standard InChI is InChI=1S/C17H12Cl2/c18-15-9-14-10-5-1-3-7-12(10)16(17(15)19)13-8-4-2-6-11(13)14/h1-9,14,16-17H/t14?,16?,17-/m1/s1. The molecule has 0 unspecified atom stereocenters. The summed E-state index contributed by atoms with van der Waals surface area (Å²) in [5.74, 6) is 0.400. The Balaban J connectivity index is 2.09. The first-order valence-corrected chi connectivity index (χ1v) is 7.28. The van der Waals surface area contributed by atoms with Crippen molar-refractivity contribution in [3.05, 3.63) is 81.9 Å². The van der Waals surface area contributed by atoms with Gasteiger partial charge in [0.2, 0.25) is 0 Å². The lowest BCUT2D eigenvalue weighted by Gasteiger charge is -2.31. The highest BCUT2D eigenvalue weighted by atomic mass is 35.5. The van der Waals surface area contributed by atoms with E-state index < -0.39 is 0 Å². The molecule has 0 spiro atoms. The molecule has 3 aliphatic carbocycles. The smallest absolute Gasteiger partial charge is 0.0798 e. The third-order valence-electron chi connectivity index (χ3n) is 4.21. The average Bonchev–Trinajstić information content (AvgIpc) is 2.63. The first kappa shape index (κ1) is 11.6. The first-order valence-electron chi connectivity index (χ1n) is 6.46. The van der Waals surface area contributed by atoms with Gasteiger partial charge in [0.05, 0.1) is 5.38 Å². The molecule has 0 aliphatic heterocycles. The van der Waals surface area contributed by atoms with Crippen LogP contribution in [0.1, 0.15) is 34.1 Å². The number of rotatable bonds is 0. The first-order chi connectivity index (χ1) is 9.27. The Morgan fingerprint density at radius 1 is 0.737 bits per heavy atom. The number of alkyl halides is 1. The monoisotopic (exact) mass is 286 g/mol. The Hall–Kier alpha value is -1.24. The predicted molar refractivity (Wildman–Crippen MR) is 80.1 cm³/mol. The van der Waals surface area contributed by atoms with Gasteiger partial charge in [-0.3, -0.25) is 0 Å². The summed E-state index contributed by atoms with van der Waals surface area (Å²) in [6.45, 7) is 0. The molecule has 2 bridgehead atoms. The second-order valence-corrected chi connectivity index (χ2v) is 6.07. The van der Waals surface area contributed by atoms with Crippen LogP contribution < -0.4 is 0 Å². The minimum absolute atomic E-state index is 0.163. The lowest BCUT2D eigenvalue weighted by Crippen LogP contribution is -2.20. The van der Waals surface area contributed by atoms with E-state index in [-0.39, 0.29) is 17.2 Å². The van der Waals surface area contributed by atoms with Crippen LogP contribution in [0.15, 0.2) is 59.6 Å². The summed E-state index contributed by atoms with van der Waals surface area (Å²) in [7, 11) is 0. The lowest BCUT2D eigenvalue weighted by molar-refractivity contribution is 0.783. The summed E-state index contributed by atoms with van der Waals surface area (Å²) < 4.78 is 0. The second-order valence-electron chi connectivity index (χ2n) is 5.17. The van der Waals surface area contributed by atoms with Crippen molar-refractivity contribution < 1.29 is 0 Å². The fourth-order valence-corrected chi connectivity index (χ4v) is 3.99. The quantitative estimate of drug-likeness (QED) is 0.598. The van der Waals surface area contributed by atoms with Crippen molar-refractivity contribution >= 4 is 23.2 Å². The van der Waals surface area contributed by atoms with Gasteiger partial charge in [0, 0.05) is 16.9 Å². The molecule has 2 aromatic rings. The Morgan fingerprint density at radius 2 is 1.21 bits per heavy atom. The van der Waals surface area contributed by atoms with Gasteiger partial charge < -0.3 is 0 Å². The molecule has 2 heteroatoms. The molecular weight excluding hydrogens is 275 g/mol. The van der Waals surface area contributed by atoms with Crippen LogP contribution in [-0.2, 0) is 0 Å². The zero-order chi connectivity index (χ0) is 13.0. The third kappa shape index (κ3) is 1.54. The van der Waals surface area contributed by atoms with Crippen molar-refractivity contribution in [2.45, 2.75) is 17.2 Å². The van der Waals surface area contributed by atoms with Crippen molar-refractivity contribution in [1.29, 1.82) is 0 Å². The van der Waals surface area contributed by atoms with Gasteiger partial charge in [-0.2, -0.15) is 0 Å². The Kier molecular flexibility index (Phi) is 2.51. The summed E-state index contributed by atoms with van der Waals surface area (Å²) in [5.41, 5.74) is 5.32. The summed E-state index contributed by atoms with van der Waals surface area (Å²) in [4.78, 5) is 0. The van der Waals surface area contributed by atoms with Crippen LogP contribution in [-0.4, -0.2) is 5.38 Å². The summed E-state index contributed by atoms with van der Waals surface area (Å²) >= 11 is 13.0. The Labute approximate surface area is 122 Å². The topological polar surface area (TPSA) is 0 Å². The highest BCUT2D eigenvalue weighted by molar-refractivity contribution is 6.38. The van der Waals surface area contributed by atoms with Gasteiger partial charge in [-0.15, -0.1) is 11.6 Å². The van der Waals surface area contributed by atoms with Gasteiger partial charge in [0.15, 0.2) is 0 Å². The zero-order valence-electron chi connectivity index (χ0n) is 10.2. The molecule has 0 saturated carbocycles. The van der Waals surface area contributed by atoms with E-state index in [4.69, 9.17) is 23.2 Å². The normalized spacial score (nSPS) is 27.3. The van der Waals surface area contributed by atoms with Gasteiger partial charge in [-0.25, -0.2) is 0 Å². The minimum atomic E-state index is -0.170. The third-order valence-corrected chi connectivity index (χ3v) is 5.17. The van der Waals surface area contributed by atoms with E-state index in [1.807, 2.05) is 0 Å². The molecular formula is C17H12Cl2. The molecule has 0 radical (unpaired) electrons. The van der Waals surface area contributed by atoms with Crippen LogP contribution in [0.4, 0.5) is 0 Å². The van der Waals surface area contributed by atoms with E-state index >= 15 is 0 Å². The van der Waals surface area contributed by atoms with Crippen molar-refractivity contribution in [3.63, 3.8) is 0 Å². The number of hydrogen-bond donors (Lipinski definition) is 0. The summed E-state index contributed by atoms with van der Waals surface area (Å²) in [6.07, 6.45) is 2.11. The van der Waals surface area contributed by atoms with Gasteiger partial charge in [-0.05, 0) is 22.3 Å². The van der Waals surface area contributed by atoms with Crippen LogP contribution in [0.25, 0.3) is 0 Å². The van der Waals surface area contributed by atoms with Crippen molar-refractivity contribution in [2.24, 2.45) is 0 Å². The fourth-order valence-electron chi connectivity index (χ4n) is 3.39. The molecule has 2 aromatic carbocycles. The lowest BCUT2D eigenvalue weighted by atomic mass is 9.74. The molecule has 0 nitrogen and oxygen atoms in total. The van der Waals surface area contributed by atoms with Crippen LogP contribution in [0.2, 0.25) is 0 Å². The number of benzene rings is 2. The van der Waals surface area contributed by atoms with E-state index in [0.717, 1.165) is 5.03 Å². The molecule has 0 saturated heterocycles. The van der Waals surface area contributed by atoms with Crippen LogP contribution in [0.5, 0.6) is 0 Å². The Morgan fingerprint density at radius 3 is 1.74 bits per heavy atom. The van der Waals surface area contributed by atoms with Gasteiger partial charge in [0.25, 0.3) is 0 Å². The van der Waals surface area contributed by atoms with E-state index in [1.165, 1.54) is 22.3 Å². The van der Waals surface area contributed by atoms with Gasteiger partial charge in [-0.1, -0.05) is 66.2 Å². The summed E-state index contributed by atoms with van der Waals surface area (Å²) in [6, 6.07) is 17.1. The molecule has 19 heavy (non-hydrogen) atoms. The van der Waals surface area contributed by atoms with Gasteiger partial charge in [0.1, 0.15) is 0 Å². The molecule has 0 fully saturated rings. The number of fused-ring (bicyclic) bond motifs is 1.